The molecule has 0 spiro atoms. The molecule has 10 nitrogen and oxygen atoms in total. The zero-order chi connectivity index (χ0) is 27.5. The van der Waals surface area contributed by atoms with E-state index >= 15 is 0 Å². The Morgan fingerprint density at radius 2 is 1.79 bits per heavy atom. The molecule has 198 valence electrons. The highest BCUT2D eigenvalue weighted by Gasteiger charge is 2.32. The van der Waals surface area contributed by atoms with Crippen molar-refractivity contribution in [1.29, 1.82) is 0 Å². The van der Waals surface area contributed by atoms with Gasteiger partial charge < -0.3 is 5.32 Å². The third kappa shape index (κ3) is 4.73. The number of pyridine rings is 1. The van der Waals surface area contributed by atoms with Gasteiger partial charge in [-0.2, -0.15) is 0 Å². The maximum absolute atomic E-state index is 14.8. The van der Waals surface area contributed by atoms with E-state index in [2.05, 4.69) is 10.0 Å². The van der Waals surface area contributed by atoms with Gasteiger partial charge in [-0.05, 0) is 71.8 Å². The van der Waals surface area contributed by atoms with Gasteiger partial charge in [-0.3, -0.25) is 28.0 Å². The number of fused-ring (bicyclic) bond motifs is 1. The molecule has 2 heterocycles. The minimum Gasteiger partial charge on any atom is -0.338 e. The van der Waals surface area contributed by atoms with E-state index < -0.39 is 37.7 Å². The van der Waals surface area contributed by atoms with Gasteiger partial charge in [-0.25, -0.2) is 17.6 Å². The van der Waals surface area contributed by atoms with Crippen molar-refractivity contribution in [3.8, 4) is 5.69 Å². The summed E-state index contributed by atoms with van der Waals surface area (Å²) in [5, 5.41) is 2.36. The fraction of sp³-hybridized carbons (Fsp3) is 0.208. The molecule has 5 rings (SSSR count). The Labute approximate surface area is 233 Å². The molecule has 0 bridgehead atoms. The highest BCUT2D eigenvalue weighted by Crippen LogP contribution is 2.35. The summed E-state index contributed by atoms with van der Waals surface area (Å²) >= 11 is 8.45. The molecule has 0 amide bonds. The minimum atomic E-state index is -3.63. The van der Waals surface area contributed by atoms with Crippen LogP contribution in [-0.2, 0) is 17.1 Å². The monoisotopic (exact) mass is 671 g/mol. The van der Waals surface area contributed by atoms with Gasteiger partial charge in [0.15, 0.2) is 0 Å². The lowest BCUT2D eigenvalue weighted by Gasteiger charge is -2.20. The lowest BCUT2D eigenvalue weighted by molar-refractivity contribution is 0.607. The van der Waals surface area contributed by atoms with Crippen LogP contribution in [0.15, 0.2) is 56.8 Å². The van der Waals surface area contributed by atoms with Gasteiger partial charge in [0, 0.05) is 16.7 Å². The quantitative estimate of drug-likeness (QED) is 0.302. The van der Waals surface area contributed by atoms with Crippen LogP contribution in [-0.4, -0.2) is 28.4 Å². The third-order valence-electron chi connectivity index (χ3n) is 6.07. The number of benzene rings is 2. The minimum absolute atomic E-state index is 0.0125. The SMILES string of the molecule is Cn1c(Nc2ccc(I)cc2F)c2c(=O)n(C3CC3)c(=O)n(-c3cccc(NS(C)(=O)=O)c3)c2c(Cl)c1=O. The largest absolute Gasteiger partial charge is 0.338 e. The number of nitrogens with one attached hydrogen (secondary N) is 2. The Hall–Kier alpha value is -3.17. The Kier molecular flexibility index (Phi) is 6.64. The molecular weight excluding hydrogens is 652 g/mol. The van der Waals surface area contributed by atoms with E-state index in [-0.39, 0.29) is 39.8 Å². The van der Waals surface area contributed by atoms with Crippen molar-refractivity contribution in [2.75, 3.05) is 16.3 Å². The van der Waals surface area contributed by atoms with Gasteiger partial charge in [0.2, 0.25) is 10.0 Å². The van der Waals surface area contributed by atoms with E-state index in [1.54, 1.807) is 6.07 Å². The summed E-state index contributed by atoms with van der Waals surface area (Å²) < 4.78 is 44.7. The predicted octanol–water partition coefficient (Wildman–Crippen LogP) is 3.70. The van der Waals surface area contributed by atoms with E-state index in [4.69, 9.17) is 11.6 Å². The van der Waals surface area contributed by atoms with Gasteiger partial charge in [0.25, 0.3) is 11.1 Å². The second-order valence-corrected chi connectivity index (χ2v) is 12.3. The summed E-state index contributed by atoms with van der Waals surface area (Å²) in [7, 11) is -2.25. The normalized spacial score (nSPS) is 13.6. The van der Waals surface area contributed by atoms with E-state index in [1.165, 1.54) is 43.4 Å². The molecule has 0 saturated heterocycles. The number of hydrogen-bond donors (Lipinski definition) is 2. The highest BCUT2D eigenvalue weighted by molar-refractivity contribution is 14.1. The van der Waals surface area contributed by atoms with E-state index in [0.717, 1.165) is 20.0 Å². The molecule has 1 aliphatic rings. The number of aromatic nitrogens is 3. The van der Waals surface area contributed by atoms with Crippen molar-refractivity contribution in [3.63, 3.8) is 0 Å². The Balaban J connectivity index is 1.90. The molecule has 1 aliphatic carbocycles. The van der Waals surface area contributed by atoms with Crippen LogP contribution in [0.25, 0.3) is 16.6 Å². The second-order valence-electron chi connectivity index (χ2n) is 8.95. The second kappa shape index (κ2) is 9.54. The van der Waals surface area contributed by atoms with Gasteiger partial charge >= 0.3 is 5.69 Å². The summed E-state index contributed by atoms with van der Waals surface area (Å²) in [5.74, 6) is -0.657. The summed E-state index contributed by atoms with van der Waals surface area (Å²) in [6.45, 7) is 0. The first-order valence-electron chi connectivity index (χ1n) is 11.3. The summed E-state index contributed by atoms with van der Waals surface area (Å²) in [6.07, 6.45) is 2.19. The lowest BCUT2D eigenvalue weighted by Crippen LogP contribution is -2.40. The molecule has 4 aromatic rings. The van der Waals surface area contributed by atoms with Crippen LogP contribution in [0.2, 0.25) is 5.02 Å². The van der Waals surface area contributed by atoms with Gasteiger partial charge in [0.05, 0.1) is 28.8 Å². The zero-order valence-corrected chi connectivity index (χ0v) is 23.7. The third-order valence-corrected chi connectivity index (χ3v) is 7.68. The molecule has 0 unspecified atom stereocenters. The van der Waals surface area contributed by atoms with Crippen LogP contribution in [0.1, 0.15) is 18.9 Å². The number of nitrogens with zero attached hydrogens (tertiary/aromatic N) is 3. The standard InChI is InChI=1S/C24H20ClFIN5O5S/c1-30-21(28-17-9-6-12(27)10-16(17)26)18-20(19(25)23(30)34)31(24(35)32(22(18)33)14-7-8-14)15-5-3-4-13(11-15)29-38(2,36)37/h3-6,9-11,14,28-29H,7-8H2,1-2H3. The molecule has 0 radical (unpaired) electrons. The molecule has 2 N–H and O–H groups in total. The first kappa shape index (κ1) is 26.4. The van der Waals surface area contributed by atoms with Crippen molar-refractivity contribution in [2.24, 2.45) is 7.05 Å². The molecule has 2 aromatic carbocycles. The molecular formula is C24H20ClFIN5O5S. The highest BCUT2D eigenvalue weighted by atomic mass is 127. The molecule has 14 heteroatoms. The van der Waals surface area contributed by atoms with Gasteiger partial charge in [-0.1, -0.05) is 17.7 Å². The first-order chi connectivity index (χ1) is 17.9. The smallest absolute Gasteiger partial charge is 0.336 e. The van der Waals surface area contributed by atoms with Crippen molar-refractivity contribution < 1.29 is 12.8 Å². The Morgan fingerprint density at radius 3 is 2.42 bits per heavy atom. The molecule has 0 aliphatic heterocycles. The Morgan fingerprint density at radius 1 is 1.08 bits per heavy atom. The lowest BCUT2D eigenvalue weighted by atomic mass is 10.2. The van der Waals surface area contributed by atoms with Crippen molar-refractivity contribution in [2.45, 2.75) is 18.9 Å². The number of halogens is 3. The zero-order valence-electron chi connectivity index (χ0n) is 20.0. The predicted molar refractivity (Wildman–Crippen MR) is 153 cm³/mol. The van der Waals surface area contributed by atoms with Crippen LogP contribution < -0.4 is 26.8 Å². The van der Waals surface area contributed by atoms with Crippen molar-refractivity contribution in [3.05, 3.63) is 88.1 Å². The van der Waals surface area contributed by atoms with Crippen LogP contribution in [0.5, 0.6) is 0 Å². The summed E-state index contributed by atoms with van der Waals surface area (Å²) in [4.78, 5) is 40.7. The van der Waals surface area contributed by atoms with Gasteiger partial charge in [-0.15, -0.1) is 0 Å². The maximum atomic E-state index is 14.8. The number of hydrogen-bond acceptors (Lipinski definition) is 6. The molecule has 38 heavy (non-hydrogen) atoms. The Bertz CT molecular complexity index is 1930. The van der Waals surface area contributed by atoms with E-state index in [0.29, 0.717) is 16.4 Å². The van der Waals surface area contributed by atoms with Crippen LogP contribution in [0.3, 0.4) is 0 Å². The van der Waals surface area contributed by atoms with Gasteiger partial charge in [0.1, 0.15) is 22.0 Å². The first-order valence-corrected chi connectivity index (χ1v) is 14.6. The fourth-order valence-corrected chi connectivity index (χ4v) is 5.56. The van der Waals surface area contributed by atoms with Crippen LogP contribution in [0.4, 0.5) is 21.6 Å². The molecule has 1 saturated carbocycles. The van der Waals surface area contributed by atoms with E-state index in [9.17, 15) is 27.2 Å². The maximum Gasteiger partial charge on any atom is 0.336 e. The fourth-order valence-electron chi connectivity index (χ4n) is 4.24. The number of sulfonamides is 1. The molecule has 2 aromatic heterocycles. The average molecular weight is 672 g/mol. The number of anilines is 3. The topological polar surface area (TPSA) is 124 Å². The van der Waals surface area contributed by atoms with E-state index in [1.807, 2.05) is 22.6 Å². The van der Waals surface area contributed by atoms with Crippen LogP contribution in [0, 0.1) is 9.39 Å². The molecule has 1 fully saturated rings. The molecule has 0 atom stereocenters. The van der Waals surface area contributed by atoms with Crippen molar-refractivity contribution >= 4 is 72.3 Å². The average Bonchev–Trinajstić information content (AvgIpc) is 3.66. The summed E-state index contributed by atoms with van der Waals surface area (Å²) in [6, 6.07) is 9.97. The summed E-state index contributed by atoms with van der Waals surface area (Å²) in [5.41, 5.74) is -1.97. The van der Waals surface area contributed by atoms with Crippen molar-refractivity contribution in [1.82, 2.24) is 13.7 Å². The van der Waals surface area contributed by atoms with Crippen LogP contribution >= 0.6 is 34.2 Å². The number of rotatable bonds is 6.